The third kappa shape index (κ3) is 2.91. The maximum atomic E-state index is 13.2. The van der Waals surface area contributed by atoms with Gasteiger partial charge in [-0.15, -0.1) is 0 Å². The molecule has 0 aliphatic heterocycles. The molecule has 100 valence electrons. The average molecular weight is 278 g/mol. The first-order valence-corrected chi connectivity index (χ1v) is 8.96. The molecule has 0 aliphatic carbocycles. The molecule has 0 aliphatic rings. The summed E-state index contributed by atoms with van der Waals surface area (Å²) in [5.74, 6) is -1.65. The first-order chi connectivity index (χ1) is 8.94. The van der Waals surface area contributed by atoms with Crippen molar-refractivity contribution in [2.45, 2.75) is 13.1 Å². The van der Waals surface area contributed by atoms with Crippen LogP contribution in [0.3, 0.4) is 0 Å². The second kappa shape index (κ2) is 5.23. The lowest BCUT2D eigenvalue weighted by Gasteiger charge is -2.20. The van der Waals surface area contributed by atoms with Crippen LogP contribution in [0.1, 0.15) is 0 Å². The molecule has 0 amide bonds. The van der Waals surface area contributed by atoms with Crippen molar-refractivity contribution in [2.75, 3.05) is 7.11 Å². The number of hydrogen-bond acceptors (Lipinski definition) is 1. The number of hydrogen-bond donors (Lipinski definition) is 0. The summed E-state index contributed by atoms with van der Waals surface area (Å²) in [5.41, 5.74) is 1.53. The summed E-state index contributed by atoms with van der Waals surface area (Å²) in [6.45, 7) is 4.22. The average Bonchev–Trinajstić information content (AvgIpc) is 2.42. The van der Waals surface area contributed by atoms with Gasteiger partial charge in [-0.25, -0.2) is 8.78 Å². The molecule has 0 heterocycles. The Morgan fingerprint density at radius 1 is 0.842 bits per heavy atom. The largest absolute Gasteiger partial charge is 0.416 e. The molecule has 2 aromatic carbocycles. The first kappa shape index (κ1) is 13.9. The zero-order valence-electron chi connectivity index (χ0n) is 11.2. The Balaban J connectivity index is 2.35. The third-order valence-electron chi connectivity index (χ3n) is 3.34. The third-order valence-corrected chi connectivity index (χ3v) is 6.09. The fourth-order valence-corrected chi connectivity index (χ4v) is 3.06. The summed E-state index contributed by atoms with van der Waals surface area (Å²) in [4.78, 5) is 0. The molecule has 2 rings (SSSR count). The second-order valence-electron chi connectivity index (χ2n) is 4.92. The summed E-state index contributed by atoms with van der Waals surface area (Å²) in [7, 11) is -0.113. The van der Waals surface area contributed by atoms with Gasteiger partial charge >= 0.3 is 0 Å². The molecule has 0 aromatic heterocycles. The molecule has 0 atom stereocenters. The van der Waals surface area contributed by atoms with Crippen molar-refractivity contribution >= 4 is 13.5 Å². The Morgan fingerprint density at radius 3 is 1.95 bits per heavy atom. The minimum Gasteiger partial charge on any atom is -0.416 e. The van der Waals surface area contributed by atoms with Gasteiger partial charge in [-0.05, 0) is 41.5 Å². The highest BCUT2D eigenvalue weighted by atomic mass is 28.4. The molecule has 4 heteroatoms. The van der Waals surface area contributed by atoms with Crippen molar-refractivity contribution in [2.24, 2.45) is 0 Å². The zero-order chi connectivity index (χ0) is 14.0. The van der Waals surface area contributed by atoms with Crippen LogP contribution < -0.4 is 5.19 Å². The summed E-state index contributed by atoms with van der Waals surface area (Å²) < 4.78 is 31.6. The van der Waals surface area contributed by atoms with Gasteiger partial charge in [0.25, 0.3) is 0 Å². The predicted molar refractivity (Wildman–Crippen MR) is 75.9 cm³/mol. The van der Waals surface area contributed by atoms with E-state index in [4.69, 9.17) is 4.43 Å². The summed E-state index contributed by atoms with van der Waals surface area (Å²) in [5, 5.41) is 1.17. The van der Waals surface area contributed by atoms with E-state index in [1.807, 2.05) is 24.3 Å². The predicted octanol–water partition coefficient (Wildman–Crippen LogP) is 3.69. The molecular formula is C15H16F2OSi. The van der Waals surface area contributed by atoms with Crippen LogP contribution >= 0.6 is 0 Å². The van der Waals surface area contributed by atoms with Crippen LogP contribution in [0.15, 0.2) is 42.5 Å². The Bertz CT molecular complexity index is 579. The highest BCUT2D eigenvalue weighted by Gasteiger charge is 2.23. The van der Waals surface area contributed by atoms with Crippen LogP contribution in [0.2, 0.25) is 13.1 Å². The van der Waals surface area contributed by atoms with Gasteiger partial charge in [0.2, 0.25) is 8.32 Å². The van der Waals surface area contributed by atoms with Crippen LogP contribution in [0.4, 0.5) is 8.78 Å². The zero-order valence-corrected chi connectivity index (χ0v) is 12.2. The molecule has 0 fully saturated rings. The fraction of sp³-hybridized carbons (Fsp3) is 0.200. The van der Waals surface area contributed by atoms with Gasteiger partial charge < -0.3 is 4.43 Å². The van der Waals surface area contributed by atoms with Crippen molar-refractivity contribution in [1.29, 1.82) is 0 Å². The van der Waals surface area contributed by atoms with Crippen molar-refractivity contribution in [3.63, 3.8) is 0 Å². The van der Waals surface area contributed by atoms with Gasteiger partial charge in [0.1, 0.15) is 0 Å². The van der Waals surface area contributed by atoms with Crippen LogP contribution in [0, 0.1) is 11.6 Å². The van der Waals surface area contributed by atoms with Gasteiger partial charge in [-0.2, -0.15) is 0 Å². The van der Waals surface area contributed by atoms with E-state index in [0.717, 1.165) is 11.6 Å². The lowest BCUT2D eigenvalue weighted by atomic mass is 10.1. The van der Waals surface area contributed by atoms with Crippen molar-refractivity contribution < 1.29 is 13.2 Å². The van der Waals surface area contributed by atoms with Gasteiger partial charge in [0, 0.05) is 7.11 Å². The van der Waals surface area contributed by atoms with Gasteiger partial charge in [0.05, 0.1) is 0 Å². The Hall–Kier alpha value is -1.52. The molecule has 19 heavy (non-hydrogen) atoms. The van der Waals surface area contributed by atoms with Crippen molar-refractivity contribution in [3.05, 3.63) is 54.1 Å². The van der Waals surface area contributed by atoms with Crippen molar-refractivity contribution in [1.82, 2.24) is 0 Å². The molecule has 0 saturated heterocycles. The SMILES string of the molecule is CO[Si](C)(C)c1ccc(-c2ccc(F)c(F)c2)cc1. The van der Waals surface area contributed by atoms with E-state index in [1.54, 1.807) is 13.2 Å². The monoisotopic (exact) mass is 278 g/mol. The van der Waals surface area contributed by atoms with E-state index in [-0.39, 0.29) is 0 Å². The molecule has 0 bridgehead atoms. The van der Waals surface area contributed by atoms with E-state index in [2.05, 4.69) is 13.1 Å². The maximum absolute atomic E-state index is 13.2. The summed E-state index contributed by atoms with van der Waals surface area (Å²) >= 11 is 0. The summed E-state index contributed by atoms with van der Waals surface area (Å²) in [6, 6.07) is 11.7. The first-order valence-electron chi connectivity index (χ1n) is 6.05. The highest BCUT2D eigenvalue weighted by Crippen LogP contribution is 2.21. The molecule has 0 radical (unpaired) electrons. The minimum absolute atomic E-state index is 0.669. The molecule has 0 unspecified atom stereocenters. The number of halogens is 2. The molecule has 0 saturated carbocycles. The molecule has 1 nitrogen and oxygen atoms in total. The lowest BCUT2D eigenvalue weighted by Crippen LogP contribution is -2.43. The van der Waals surface area contributed by atoms with E-state index in [0.29, 0.717) is 5.56 Å². The van der Waals surface area contributed by atoms with E-state index in [1.165, 1.54) is 11.3 Å². The molecule has 0 N–H and O–H groups in total. The number of rotatable bonds is 3. The molecular weight excluding hydrogens is 262 g/mol. The summed E-state index contributed by atoms with van der Waals surface area (Å²) in [6.07, 6.45) is 0. The van der Waals surface area contributed by atoms with Gasteiger partial charge in [-0.1, -0.05) is 30.3 Å². The second-order valence-corrected chi connectivity index (χ2v) is 8.93. The molecule has 2 aromatic rings. The highest BCUT2D eigenvalue weighted by molar-refractivity contribution is 6.84. The van der Waals surface area contributed by atoms with Crippen LogP contribution in [-0.4, -0.2) is 15.4 Å². The lowest BCUT2D eigenvalue weighted by molar-refractivity contribution is 0.416. The van der Waals surface area contributed by atoms with Crippen LogP contribution in [0.5, 0.6) is 0 Å². The van der Waals surface area contributed by atoms with E-state index in [9.17, 15) is 8.78 Å². The van der Waals surface area contributed by atoms with Crippen LogP contribution in [0.25, 0.3) is 11.1 Å². The van der Waals surface area contributed by atoms with Gasteiger partial charge in [-0.3, -0.25) is 0 Å². The standard InChI is InChI=1S/C15H16F2OSi/c1-18-19(2,3)13-7-4-11(5-8-13)12-6-9-14(16)15(17)10-12/h4-10H,1-3H3. The quantitative estimate of drug-likeness (QED) is 0.778. The van der Waals surface area contributed by atoms with Crippen LogP contribution in [-0.2, 0) is 4.43 Å². The number of benzene rings is 2. The Labute approximate surface area is 113 Å². The normalized spacial score (nSPS) is 11.6. The van der Waals surface area contributed by atoms with E-state index >= 15 is 0 Å². The van der Waals surface area contributed by atoms with E-state index < -0.39 is 20.0 Å². The topological polar surface area (TPSA) is 9.23 Å². The fourth-order valence-electron chi connectivity index (χ4n) is 1.86. The van der Waals surface area contributed by atoms with Crippen molar-refractivity contribution in [3.8, 4) is 11.1 Å². The Kier molecular flexibility index (Phi) is 3.82. The molecule has 0 spiro atoms. The minimum atomic E-state index is -1.83. The van der Waals surface area contributed by atoms with Gasteiger partial charge in [0.15, 0.2) is 11.6 Å². The Morgan fingerprint density at radius 2 is 1.42 bits per heavy atom. The smallest absolute Gasteiger partial charge is 0.217 e. The maximum Gasteiger partial charge on any atom is 0.217 e.